The van der Waals surface area contributed by atoms with E-state index in [1.807, 2.05) is 9.47 Å². The third kappa shape index (κ3) is 4.33. The van der Waals surface area contributed by atoms with E-state index in [2.05, 4.69) is 0 Å². The number of rotatable bonds is 7. The van der Waals surface area contributed by atoms with Gasteiger partial charge in [0.25, 0.3) is 0 Å². The van der Waals surface area contributed by atoms with Crippen LogP contribution in [0.3, 0.4) is 0 Å². The minimum absolute atomic E-state index is 1.92. The summed E-state index contributed by atoms with van der Waals surface area (Å²) in [5.41, 5.74) is 0. The van der Waals surface area contributed by atoms with E-state index < -0.39 is 49.6 Å². The zero-order valence-corrected chi connectivity index (χ0v) is 10.6. The van der Waals surface area contributed by atoms with Crippen molar-refractivity contribution in [1.29, 1.82) is 0 Å². The Morgan fingerprint density at radius 2 is 1.08 bits per heavy atom. The molecule has 0 saturated carbocycles. The van der Waals surface area contributed by atoms with Crippen LogP contribution in [0.15, 0.2) is 0 Å². The average molecular weight is 396 g/mol. The molecule has 0 aromatic heterocycles. The smallest absolute Gasteiger partial charge is 0.390 e. The Bertz CT molecular complexity index is 432. The Balaban J connectivity index is 6.04. The highest BCUT2D eigenvalue weighted by molar-refractivity contribution is 4.91. The lowest BCUT2D eigenvalue weighted by Crippen LogP contribution is -2.65. The zero-order valence-electron chi connectivity index (χ0n) is 10.6. The Morgan fingerprint density at radius 3 is 1.33 bits per heavy atom. The molecule has 2 atom stereocenters. The van der Waals surface area contributed by atoms with E-state index in [4.69, 9.17) is 5.11 Å². The van der Waals surface area contributed by atoms with Crippen LogP contribution in [0.25, 0.3) is 0 Å². The highest BCUT2D eigenvalue weighted by Gasteiger charge is 2.80. The lowest BCUT2D eigenvalue weighted by Gasteiger charge is -2.38. The van der Waals surface area contributed by atoms with E-state index in [9.17, 15) is 57.1 Å². The third-order valence-corrected chi connectivity index (χ3v) is 2.10. The molecule has 0 spiro atoms. The minimum atomic E-state index is -7.24. The normalized spacial score (nSPS) is 19.8. The summed E-state index contributed by atoms with van der Waals surface area (Å²) in [5.74, 6) is -13.1. The molecule has 0 fully saturated rings. The molecule has 0 aromatic rings. The number of aliphatic hydroxyl groups excluding tert-OH is 1. The number of halogens is 13. The highest BCUT2D eigenvalue weighted by atomic mass is 19.4. The summed E-state index contributed by atoms with van der Waals surface area (Å²) < 4.78 is 166. The molecule has 0 bridgehead atoms. The van der Waals surface area contributed by atoms with Crippen LogP contribution >= 0.6 is 0 Å². The van der Waals surface area contributed by atoms with Gasteiger partial charge in [-0.25, -0.2) is 4.39 Å². The van der Waals surface area contributed by atoms with E-state index in [1.54, 1.807) is 0 Å². The van der Waals surface area contributed by atoms with Gasteiger partial charge in [0.15, 0.2) is 6.67 Å². The van der Waals surface area contributed by atoms with Crippen LogP contribution < -0.4 is 0 Å². The summed E-state index contributed by atoms with van der Waals surface area (Å²) in [6.07, 6.45) is -26.9. The van der Waals surface area contributed by atoms with Crippen molar-refractivity contribution in [2.75, 3.05) is 13.3 Å². The molecule has 24 heavy (non-hydrogen) atoms. The second-order valence-electron chi connectivity index (χ2n) is 3.97. The van der Waals surface area contributed by atoms with Gasteiger partial charge in [0.1, 0.15) is 6.61 Å². The number of hydrogen-bond acceptors (Lipinski definition) is 3. The Labute approximate surface area is 122 Å². The first kappa shape index (κ1) is 23.0. The van der Waals surface area contributed by atoms with Gasteiger partial charge in [0, 0.05) is 0 Å². The molecule has 0 aliphatic carbocycles. The number of alkyl halides is 13. The van der Waals surface area contributed by atoms with Crippen molar-refractivity contribution in [3.05, 3.63) is 0 Å². The molecule has 0 radical (unpaired) electrons. The Kier molecular flexibility index (Phi) is 6.09. The number of ether oxygens (including phenoxy) is 2. The van der Waals surface area contributed by atoms with Crippen molar-refractivity contribution >= 4 is 0 Å². The highest BCUT2D eigenvalue weighted by Crippen LogP contribution is 2.52. The van der Waals surface area contributed by atoms with Crippen LogP contribution in [-0.4, -0.2) is 54.7 Å². The molecule has 16 heteroatoms. The van der Waals surface area contributed by atoms with E-state index >= 15 is 0 Å². The third-order valence-electron chi connectivity index (χ3n) is 2.10. The first-order chi connectivity index (χ1) is 10.3. The van der Waals surface area contributed by atoms with E-state index in [1.165, 1.54) is 0 Å². The van der Waals surface area contributed by atoms with Gasteiger partial charge in [0.2, 0.25) is 0 Å². The second kappa shape index (κ2) is 6.36. The van der Waals surface area contributed by atoms with E-state index in [0.717, 1.165) is 0 Å². The van der Waals surface area contributed by atoms with Crippen LogP contribution in [0.4, 0.5) is 57.1 Å². The van der Waals surface area contributed by atoms with Crippen LogP contribution in [0.2, 0.25) is 0 Å². The van der Waals surface area contributed by atoms with Crippen molar-refractivity contribution in [3.8, 4) is 0 Å². The topological polar surface area (TPSA) is 38.7 Å². The van der Waals surface area contributed by atoms with Crippen molar-refractivity contribution in [3.63, 3.8) is 0 Å². The molecule has 0 amide bonds. The van der Waals surface area contributed by atoms with Crippen molar-refractivity contribution in [2.45, 2.75) is 36.3 Å². The largest absolute Gasteiger partial charge is 0.458 e. The molecule has 0 aliphatic heterocycles. The van der Waals surface area contributed by atoms with Crippen molar-refractivity contribution < 1.29 is 71.7 Å². The summed E-state index contributed by atoms with van der Waals surface area (Å²) in [4.78, 5) is 0. The van der Waals surface area contributed by atoms with Crippen LogP contribution in [-0.2, 0) is 9.47 Å². The summed E-state index contributed by atoms with van der Waals surface area (Å²) in [6, 6.07) is 0. The van der Waals surface area contributed by atoms with Gasteiger partial charge in [-0.3, -0.25) is 9.47 Å². The average Bonchev–Trinajstić information content (AvgIpc) is 2.34. The molecule has 0 rings (SSSR count). The molecular weight excluding hydrogens is 391 g/mol. The molecule has 3 nitrogen and oxygen atoms in total. The van der Waals surface area contributed by atoms with Crippen molar-refractivity contribution in [2.24, 2.45) is 0 Å². The summed E-state index contributed by atoms with van der Waals surface area (Å²) >= 11 is 0. The summed E-state index contributed by atoms with van der Waals surface area (Å²) in [7, 11) is 0. The quantitative estimate of drug-likeness (QED) is 0.669. The fourth-order valence-electron chi connectivity index (χ4n) is 0.964. The van der Waals surface area contributed by atoms with Crippen LogP contribution in [0.1, 0.15) is 0 Å². The SMILES string of the molecule is OCC(F)(OC(F)(F)C(F)(OC(F)(F)CF)C(F)(F)F)C(F)(F)F. The van der Waals surface area contributed by atoms with Gasteiger partial charge in [-0.05, 0) is 0 Å². The molecule has 146 valence electrons. The predicted octanol–water partition coefficient (Wildman–Crippen LogP) is 3.62. The first-order valence-corrected chi connectivity index (χ1v) is 5.12. The summed E-state index contributed by atoms with van der Waals surface area (Å²) in [5, 5.41) is 8.03. The molecule has 0 aliphatic rings. The second-order valence-corrected chi connectivity index (χ2v) is 3.97. The summed E-state index contributed by atoms with van der Waals surface area (Å²) in [6.45, 7) is -6.40. The van der Waals surface area contributed by atoms with Crippen LogP contribution in [0.5, 0.6) is 0 Å². The van der Waals surface area contributed by atoms with Gasteiger partial charge in [-0.1, -0.05) is 0 Å². The van der Waals surface area contributed by atoms with E-state index in [0.29, 0.717) is 0 Å². The van der Waals surface area contributed by atoms with Gasteiger partial charge in [-0.2, -0.15) is 52.7 Å². The standard InChI is InChI=1S/C8H5F13O3/c9-1-4(11,12)24-5(13,7(17,18)19)8(20,21)23-3(10,2-22)6(14,15)16/h22H,1-2H2. The van der Waals surface area contributed by atoms with Gasteiger partial charge in [-0.15, -0.1) is 0 Å². The predicted molar refractivity (Wildman–Crippen MR) is 44.9 cm³/mol. The van der Waals surface area contributed by atoms with Gasteiger partial charge < -0.3 is 5.11 Å². The van der Waals surface area contributed by atoms with Gasteiger partial charge >= 0.3 is 36.3 Å². The Morgan fingerprint density at radius 1 is 0.667 bits per heavy atom. The molecule has 0 aromatic carbocycles. The minimum Gasteiger partial charge on any atom is -0.390 e. The molecule has 0 saturated heterocycles. The fraction of sp³-hybridized carbons (Fsp3) is 1.00. The number of hydrogen-bond donors (Lipinski definition) is 1. The maximum absolute atomic E-state index is 13.3. The van der Waals surface area contributed by atoms with E-state index in [-0.39, 0.29) is 0 Å². The maximum atomic E-state index is 13.3. The zero-order chi connectivity index (χ0) is 19.8. The lowest BCUT2D eigenvalue weighted by molar-refractivity contribution is -0.531. The molecule has 0 heterocycles. The molecular formula is C8H5F13O3. The Hall–Kier alpha value is -1.03. The maximum Gasteiger partial charge on any atom is 0.458 e. The first-order valence-electron chi connectivity index (χ1n) is 5.12. The fourth-order valence-corrected chi connectivity index (χ4v) is 0.964. The number of aliphatic hydroxyl groups is 1. The monoisotopic (exact) mass is 396 g/mol. The lowest BCUT2D eigenvalue weighted by atomic mass is 10.2. The van der Waals surface area contributed by atoms with Gasteiger partial charge in [0.05, 0.1) is 0 Å². The van der Waals surface area contributed by atoms with Crippen molar-refractivity contribution in [1.82, 2.24) is 0 Å². The van der Waals surface area contributed by atoms with Crippen LogP contribution in [0, 0.1) is 0 Å². The molecule has 1 N–H and O–H groups in total. The molecule has 2 unspecified atom stereocenters.